The minimum Gasteiger partial charge on any atom is -0.512 e. The molecule has 0 aliphatic carbocycles. The van der Waals surface area contributed by atoms with E-state index in [-0.39, 0.29) is 11.7 Å². The smallest absolute Gasteiger partial charge is 0.248 e. The minimum atomic E-state index is -0.820. The van der Waals surface area contributed by atoms with Crippen LogP contribution in [0.25, 0.3) is 0 Å². The van der Waals surface area contributed by atoms with E-state index in [1.807, 2.05) is 35.0 Å². The van der Waals surface area contributed by atoms with Crippen molar-refractivity contribution < 1.29 is 9.90 Å². The van der Waals surface area contributed by atoms with Crippen molar-refractivity contribution in [3.8, 4) is 0 Å². The van der Waals surface area contributed by atoms with Gasteiger partial charge in [-0.2, -0.15) is 11.3 Å². The highest BCUT2D eigenvalue weighted by Gasteiger charge is 2.41. The molecule has 0 fully saturated rings. The summed E-state index contributed by atoms with van der Waals surface area (Å²) in [5, 5.41) is 16.8. The Kier molecular flexibility index (Phi) is 3.35. The van der Waals surface area contributed by atoms with Crippen LogP contribution in [0.2, 0.25) is 0 Å². The van der Waals surface area contributed by atoms with Gasteiger partial charge < -0.3 is 10.4 Å². The maximum atomic E-state index is 11.9. The van der Waals surface area contributed by atoms with Crippen molar-refractivity contribution in [3.05, 3.63) is 62.7 Å². The normalized spacial score (nSPS) is 22.2. The number of carbonyl (C=O) groups excluding carboxylic acids is 1. The Hall–Kier alpha value is -1.66. The number of halogens is 1. The van der Waals surface area contributed by atoms with Crippen LogP contribution in [-0.2, 0) is 10.3 Å². The first kappa shape index (κ1) is 13.3. The van der Waals surface area contributed by atoms with E-state index in [1.165, 1.54) is 6.08 Å². The maximum absolute atomic E-state index is 11.9. The molecule has 0 aromatic carbocycles. The fourth-order valence-electron chi connectivity index (χ4n) is 2.39. The van der Waals surface area contributed by atoms with Gasteiger partial charge in [0.2, 0.25) is 5.91 Å². The molecule has 4 nitrogen and oxygen atoms in total. The standard InChI is InChI=1S/C14H11BrN2O2S/c15-12-3-1-2-11(16-12)14(9-4-5-20-8-9)7-10(18)6-13(19)17-14/h1-6,8,18H,7H2,(H,17,19). The highest BCUT2D eigenvalue weighted by Crippen LogP contribution is 2.37. The van der Waals surface area contributed by atoms with Crippen LogP contribution >= 0.6 is 27.3 Å². The summed E-state index contributed by atoms with van der Waals surface area (Å²) in [6.07, 6.45) is 1.50. The molecule has 3 rings (SSSR count). The van der Waals surface area contributed by atoms with Crippen molar-refractivity contribution in [2.75, 3.05) is 0 Å². The zero-order valence-electron chi connectivity index (χ0n) is 10.3. The van der Waals surface area contributed by atoms with Crippen molar-refractivity contribution in [1.82, 2.24) is 10.3 Å². The van der Waals surface area contributed by atoms with Crippen LogP contribution in [0.4, 0.5) is 0 Å². The average molecular weight is 351 g/mol. The topological polar surface area (TPSA) is 62.2 Å². The number of nitrogens with zero attached hydrogens (tertiary/aromatic N) is 1. The molecular formula is C14H11BrN2O2S. The summed E-state index contributed by atoms with van der Waals surface area (Å²) in [6, 6.07) is 7.47. The van der Waals surface area contributed by atoms with Gasteiger partial charge in [-0.25, -0.2) is 4.98 Å². The molecule has 1 aliphatic heterocycles. The van der Waals surface area contributed by atoms with Crippen molar-refractivity contribution in [3.63, 3.8) is 0 Å². The first-order chi connectivity index (χ1) is 9.60. The minimum absolute atomic E-state index is 0.0572. The molecule has 1 atom stereocenters. The van der Waals surface area contributed by atoms with E-state index < -0.39 is 5.54 Å². The van der Waals surface area contributed by atoms with Gasteiger partial charge in [0, 0.05) is 12.5 Å². The van der Waals surface area contributed by atoms with E-state index in [9.17, 15) is 9.90 Å². The predicted octanol–water partition coefficient (Wildman–Crippen LogP) is 3.11. The summed E-state index contributed by atoms with van der Waals surface area (Å²) < 4.78 is 0.688. The van der Waals surface area contributed by atoms with Gasteiger partial charge in [0.05, 0.1) is 5.69 Å². The number of aromatic nitrogens is 1. The largest absolute Gasteiger partial charge is 0.512 e. The summed E-state index contributed by atoms with van der Waals surface area (Å²) in [5.41, 5.74) is 0.791. The fourth-order valence-corrected chi connectivity index (χ4v) is 3.47. The molecule has 102 valence electrons. The third kappa shape index (κ3) is 2.25. The van der Waals surface area contributed by atoms with Crippen LogP contribution < -0.4 is 5.32 Å². The monoisotopic (exact) mass is 350 g/mol. The highest BCUT2D eigenvalue weighted by molar-refractivity contribution is 9.10. The van der Waals surface area contributed by atoms with Gasteiger partial charge in [-0.1, -0.05) is 6.07 Å². The lowest BCUT2D eigenvalue weighted by molar-refractivity contribution is -0.119. The molecule has 3 heterocycles. The molecule has 0 bridgehead atoms. The van der Waals surface area contributed by atoms with Gasteiger partial charge in [-0.05, 0) is 50.5 Å². The Morgan fingerprint density at radius 2 is 2.25 bits per heavy atom. The van der Waals surface area contributed by atoms with Crippen LogP contribution in [0.1, 0.15) is 17.7 Å². The lowest BCUT2D eigenvalue weighted by Crippen LogP contribution is -2.49. The van der Waals surface area contributed by atoms with Gasteiger partial charge >= 0.3 is 0 Å². The van der Waals surface area contributed by atoms with Gasteiger partial charge in [0.1, 0.15) is 15.9 Å². The van der Waals surface area contributed by atoms with Crippen molar-refractivity contribution in [1.29, 1.82) is 0 Å². The first-order valence-corrected chi connectivity index (χ1v) is 7.71. The number of thiophene rings is 1. The van der Waals surface area contributed by atoms with Crippen molar-refractivity contribution >= 4 is 33.2 Å². The zero-order valence-corrected chi connectivity index (χ0v) is 12.7. The third-order valence-corrected chi connectivity index (χ3v) is 4.37. The lowest BCUT2D eigenvalue weighted by atomic mass is 9.82. The second-order valence-electron chi connectivity index (χ2n) is 4.56. The second-order valence-corrected chi connectivity index (χ2v) is 6.16. The number of amides is 1. The number of hydrogen-bond acceptors (Lipinski definition) is 4. The molecule has 0 radical (unpaired) electrons. The summed E-state index contributed by atoms with van der Waals surface area (Å²) in [5.74, 6) is -0.261. The molecule has 2 N–H and O–H groups in total. The fraction of sp³-hybridized carbons (Fsp3) is 0.143. The molecule has 1 unspecified atom stereocenters. The molecule has 1 aliphatic rings. The van der Waals surface area contributed by atoms with Crippen LogP contribution in [0.3, 0.4) is 0 Å². The van der Waals surface area contributed by atoms with E-state index in [0.29, 0.717) is 16.7 Å². The molecule has 0 saturated carbocycles. The van der Waals surface area contributed by atoms with Gasteiger partial charge in [0.15, 0.2) is 0 Å². The summed E-state index contributed by atoms with van der Waals surface area (Å²) >= 11 is 4.89. The van der Waals surface area contributed by atoms with Gasteiger partial charge in [0.25, 0.3) is 0 Å². The molecule has 6 heteroatoms. The van der Waals surface area contributed by atoms with E-state index in [2.05, 4.69) is 26.2 Å². The van der Waals surface area contributed by atoms with E-state index in [0.717, 1.165) is 5.56 Å². The van der Waals surface area contributed by atoms with E-state index in [4.69, 9.17) is 0 Å². The van der Waals surface area contributed by atoms with Crippen molar-refractivity contribution in [2.45, 2.75) is 12.0 Å². The maximum Gasteiger partial charge on any atom is 0.248 e. The first-order valence-electron chi connectivity index (χ1n) is 5.97. The predicted molar refractivity (Wildman–Crippen MR) is 80.5 cm³/mol. The number of aliphatic hydroxyl groups is 1. The Morgan fingerprint density at radius 3 is 2.90 bits per heavy atom. The number of rotatable bonds is 2. The summed E-state index contributed by atoms with van der Waals surface area (Å²) in [6.45, 7) is 0. The summed E-state index contributed by atoms with van der Waals surface area (Å²) in [4.78, 5) is 16.3. The summed E-state index contributed by atoms with van der Waals surface area (Å²) in [7, 11) is 0. The Morgan fingerprint density at radius 1 is 1.40 bits per heavy atom. The number of hydrogen-bond donors (Lipinski definition) is 2. The number of carbonyl (C=O) groups is 1. The van der Waals surface area contributed by atoms with Crippen LogP contribution in [0.15, 0.2) is 51.5 Å². The van der Waals surface area contributed by atoms with E-state index >= 15 is 0 Å². The Labute approximate surface area is 128 Å². The third-order valence-electron chi connectivity index (χ3n) is 3.25. The lowest BCUT2D eigenvalue weighted by Gasteiger charge is -2.36. The SMILES string of the molecule is O=C1C=C(O)CC(c2ccsc2)(c2cccc(Br)n2)N1. The average Bonchev–Trinajstić information content (AvgIpc) is 2.91. The second kappa shape index (κ2) is 5.03. The molecular weight excluding hydrogens is 340 g/mol. The molecule has 2 aromatic rings. The van der Waals surface area contributed by atoms with Crippen molar-refractivity contribution in [2.24, 2.45) is 0 Å². The molecule has 0 saturated heterocycles. The quantitative estimate of drug-likeness (QED) is 0.818. The number of nitrogens with one attached hydrogen (secondary N) is 1. The van der Waals surface area contributed by atoms with Crippen LogP contribution in [-0.4, -0.2) is 16.0 Å². The highest BCUT2D eigenvalue weighted by atomic mass is 79.9. The Balaban J connectivity index is 2.19. The van der Waals surface area contributed by atoms with Crippen LogP contribution in [0, 0.1) is 0 Å². The number of aliphatic hydroxyl groups excluding tert-OH is 1. The van der Waals surface area contributed by atoms with Gasteiger partial charge in [-0.15, -0.1) is 0 Å². The molecule has 2 aromatic heterocycles. The van der Waals surface area contributed by atoms with E-state index in [1.54, 1.807) is 11.3 Å². The van der Waals surface area contributed by atoms with Gasteiger partial charge in [-0.3, -0.25) is 4.79 Å². The molecule has 20 heavy (non-hydrogen) atoms. The Bertz CT molecular complexity index is 684. The molecule has 0 spiro atoms. The van der Waals surface area contributed by atoms with Crippen LogP contribution in [0.5, 0.6) is 0 Å². The zero-order chi connectivity index (χ0) is 14.2. The number of pyridine rings is 1. The molecule has 1 amide bonds.